The van der Waals surface area contributed by atoms with Gasteiger partial charge in [-0.3, -0.25) is 9.78 Å². The summed E-state index contributed by atoms with van der Waals surface area (Å²) in [5.74, 6) is 0.759. The number of nitrogens with zero attached hydrogens (tertiary/aromatic N) is 2. The molecule has 0 spiro atoms. The number of aromatic nitrogens is 1. The minimum atomic E-state index is -0.0265. The van der Waals surface area contributed by atoms with Gasteiger partial charge in [0.25, 0.3) is 5.91 Å². The normalized spacial score (nSPS) is 10.5. The van der Waals surface area contributed by atoms with E-state index in [0.717, 1.165) is 23.4 Å². The van der Waals surface area contributed by atoms with Crippen molar-refractivity contribution in [2.75, 3.05) is 27.4 Å². The van der Waals surface area contributed by atoms with Crippen LogP contribution in [0.4, 0.5) is 0 Å². The Balaban J connectivity index is 2.16. The number of rotatable bonds is 8. The van der Waals surface area contributed by atoms with Crippen molar-refractivity contribution < 1.29 is 14.3 Å². The Morgan fingerprint density at radius 1 is 1.21 bits per heavy atom. The maximum absolute atomic E-state index is 12.8. The van der Waals surface area contributed by atoms with Crippen LogP contribution in [0.2, 0.25) is 0 Å². The number of methoxy groups -OCH3 is 2. The lowest BCUT2D eigenvalue weighted by Gasteiger charge is -2.23. The van der Waals surface area contributed by atoms with Crippen LogP contribution < -0.4 is 4.74 Å². The molecule has 0 atom stereocenters. The third-order valence-corrected chi connectivity index (χ3v) is 3.73. The van der Waals surface area contributed by atoms with Gasteiger partial charge in [-0.15, -0.1) is 0 Å². The predicted molar refractivity (Wildman–Crippen MR) is 93.2 cm³/mol. The highest BCUT2D eigenvalue weighted by Gasteiger charge is 2.16. The van der Waals surface area contributed by atoms with Crippen LogP contribution in [-0.2, 0) is 11.3 Å². The summed E-state index contributed by atoms with van der Waals surface area (Å²) in [6.45, 7) is 3.67. The Morgan fingerprint density at radius 3 is 2.71 bits per heavy atom. The van der Waals surface area contributed by atoms with Crippen LogP contribution in [0.3, 0.4) is 0 Å². The molecular formula is C19H24N2O3. The number of aryl methyl sites for hydroxylation is 1. The maximum atomic E-state index is 12.8. The zero-order chi connectivity index (χ0) is 17.4. The summed E-state index contributed by atoms with van der Waals surface area (Å²) in [6.07, 6.45) is 2.41. The molecule has 5 nitrogen and oxygen atoms in total. The predicted octanol–water partition coefficient (Wildman–Crippen LogP) is 3.08. The monoisotopic (exact) mass is 328 g/mol. The SMILES string of the molecule is COCCCN(Cc1cccc(OC)c1)C(=O)c1ccc(C)nc1. The average Bonchev–Trinajstić information content (AvgIpc) is 2.61. The molecule has 0 aliphatic rings. The summed E-state index contributed by atoms with van der Waals surface area (Å²) in [5.41, 5.74) is 2.52. The first-order valence-corrected chi connectivity index (χ1v) is 7.98. The number of benzene rings is 1. The number of amides is 1. The lowest BCUT2D eigenvalue weighted by atomic mass is 10.1. The van der Waals surface area contributed by atoms with Gasteiger partial charge in [0, 0.05) is 38.7 Å². The van der Waals surface area contributed by atoms with Gasteiger partial charge in [-0.2, -0.15) is 0 Å². The molecule has 0 aliphatic heterocycles. The second-order valence-corrected chi connectivity index (χ2v) is 5.61. The van der Waals surface area contributed by atoms with Crippen LogP contribution in [0.25, 0.3) is 0 Å². The molecule has 128 valence electrons. The van der Waals surface area contributed by atoms with E-state index in [1.165, 1.54) is 0 Å². The molecule has 0 radical (unpaired) electrons. The van der Waals surface area contributed by atoms with Gasteiger partial charge in [0.2, 0.25) is 0 Å². The van der Waals surface area contributed by atoms with Crippen LogP contribution in [0.1, 0.15) is 28.0 Å². The van der Waals surface area contributed by atoms with Gasteiger partial charge in [0.1, 0.15) is 5.75 Å². The molecule has 0 aliphatic carbocycles. The largest absolute Gasteiger partial charge is 0.497 e. The smallest absolute Gasteiger partial charge is 0.255 e. The summed E-state index contributed by atoms with van der Waals surface area (Å²) >= 11 is 0. The molecule has 2 rings (SSSR count). The minimum absolute atomic E-state index is 0.0265. The first-order chi connectivity index (χ1) is 11.6. The van der Waals surface area contributed by atoms with Gasteiger partial charge in [-0.1, -0.05) is 12.1 Å². The van der Waals surface area contributed by atoms with E-state index in [0.29, 0.717) is 25.3 Å². The highest BCUT2D eigenvalue weighted by molar-refractivity contribution is 5.93. The molecule has 0 saturated carbocycles. The number of ether oxygens (including phenoxy) is 2. The number of carbonyl (C=O) groups excluding carboxylic acids is 1. The first-order valence-electron chi connectivity index (χ1n) is 7.98. The van der Waals surface area contributed by atoms with Crippen molar-refractivity contribution in [2.24, 2.45) is 0 Å². The summed E-state index contributed by atoms with van der Waals surface area (Å²) in [7, 11) is 3.30. The van der Waals surface area contributed by atoms with E-state index < -0.39 is 0 Å². The Labute approximate surface area is 143 Å². The summed E-state index contributed by atoms with van der Waals surface area (Å²) in [6, 6.07) is 11.4. The third kappa shape index (κ3) is 5.06. The Hall–Kier alpha value is -2.40. The topological polar surface area (TPSA) is 51.7 Å². The van der Waals surface area contributed by atoms with E-state index >= 15 is 0 Å². The molecule has 1 amide bonds. The van der Waals surface area contributed by atoms with Crippen molar-refractivity contribution in [2.45, 2.75) is 19.9 Å². The van der Waals surface area contributed by atoms with Crippen molar-refractivity contribution >= 4 is 5.91 Å². The summed E-state index contributed by atoms with van der Waals surface area (Å²) in [4.78, 5) is 18.9. The van der Waals surface area contributed by atoms with Gasteiger partial charge in [0.15, 0.2) is 0 Å². The van der Waals surface area contributed by atoms with Crippen LogP contribution in [0.15, 0.2) is 42.6 Å². The number of carbonyl (C=O) groups is 1. The van der Waals surface area contributed by atoms with Crippen molar-refractivity contribution in [1.29, 1.82) is 0 Å². The Bertz CT molecular complexity index is 656. The van der Waals surface area contributed by atoms with E-state index in [1.54, 1.807) is 20.4 Å². The molecule has 0 fully saturated rings. The number of pyridine rings is 1. The fourth-order valence-corrected chi connectivity index (χ4v) is 2.42. The van der Waals surface area contributed by atoms with E-state index in [4.69, 9.17) is 9.47 Å². The van der Waals surface area contributed by atoms with E-state index in [2.05, 4.69) is 4.98 Å². The maximum Gasteiger partial charge on any atom is 0.255 e. The average molecular weight is 328 g/mol. The van der Waals surface area contributed by atoms with Gasteiger partial charge in [-0.05, 0) is 43.2 Å². The first kappa shape index (κ1) is 17.9. The molecule has 1 aromatic carbocycles. The zero-order valence-corrected chi connectivity index (χ0v) is 14.5. The zero-order valence-electron chi connectivity index (χ0n) is 14.5. The van der Waals surface area contributed by atoms with Gasteiger partial charge < -0.3 is 14.4 Å². The molecule has 1 heterocycles. The highest BCUT2D eigenvalue weighted by Crippen LogP contribution is 2.16. The second kappa shape index (κ2) is 9.03. The minimum Gasteiger partial charge on any atom is -0.497 e. The van der Waals surface area contributed by atoms with Gasteiger partial charge in [-0.25, -0.2) is 0 Å². The van der Waals surface area contributed by atoms with Gasteiger partial charge >= 0.3 is 0 Å². The summed E-state index contributed by atoms with van der Waals surface area (Å²) < 4.78 is 10.4. The lowest BCUT2D eigenvalue weighted by molar-refractivity contribution is 0.0723. The number of hydrogen-bond donors (Lipinski definition) is 0. The van der Waals surface area contributed by atoms with Gasteiger partial charge in [0.05, 0.1) is 12.7 Å². The Morgan fingerprint density at radius 2 is 2.04 bits per heavy atom. The van der Waals surface area contributed by atoms with Crippen LogP contribution in [-0.4, -0.2) is 43.2 Å². The Kier molecular flexibility index (Phi) is 6.75. The standard InChI is InChI=1S/C19H24N2O3/c1-15-8-9-17(13-20-15)19(22)21(10-5-11-23-2)14-16-6-4-7-18(12-16)24-3/h4,6-9,12-13H,5,10-11,14H2,1-3H3. The molecule has 0 unspecified atom stereocenters. The summed E-state index contributed by atoms with van der Waals surface area (Å²) in [5, 5.41) is 0. The molecule has 0 saturated heterocycles. The molecule has 24 heavy (non-hydrogen) atoms. The lowest BCUT2D eigenvalue weighted by Crippen LogP contribution is -2.32. The van der Waals surface area contributed by atoms with E-state index in [9.17, 15) is 4.79 Å². The van der Waals surface area contributed by atoms with Crippen LogP contribution >= 0.6 is 0 Å². The molecular weight excluding hydrogens is 304 g/mol. The number of hydrogen-bond acceptors (Lipinski definition) is 4. The molecule has 0 bridgehead atoms. The fraction of sp³-hybridized carbons (Fsp3) is 0.368. The molecule has 2 aromatic rings. The van der Waals surface area contributed by atoms with E-state index in [1.807, 2.05) is 48.2 Å². The van der Waals surface area contributed by atoms with Crippen LogP contribution in [0, 0.1) is 6.92 Å². The van der Waals surface area contributed by atoms with Crippen molar-refractivity contribution in [3.8, 4) is 5.75 Å². The van der Waals surface area contributed by atoms with Crippen molar-refractivity contribution in [1.82, 2.24) is 9.88 Å². The third-order valence-electron chi connectivity index (χ3n) is 3.73. The highest BCUT2D eigenvalue weighted by atomic mass is 16.5. The fourth-order valence-electron chi connectivity index (χ4n) is 2.42. The van der Waals surface area contributed by atoms with E-state index in [-0.39, 0.29) is 5.91 Å². The van der Waals surface area contributed by atoms with Crippen molar-refractivity contribution in [3.05, 3.63) is 59.4 Å². The quantitative estimate of drug-likeness (QED) is 0.699. The molecule has 0 N–H and O–H groups in total. The van der Waals surface area contributed by atoms with Crippen molar-refractivity contribution in [3.63, 3.8) is 0 Å². The second-order valence-electron chi connectivity index (χ2n) is 5.61. The molecule has 1 aromatic heterocycles. The molecule has 5 heteroatoms. The van der Waals surface area contributed by atoms with Crippen LogP contribution in [0.5, 0.6) is 5.75 Å².